The minimum Gasteiger partial charge on any atom is -0.508 e. The Morgan fingerprint density at radius 3 is 2.61 bits per heavy atom. The summed E-state index contributed by atoms with van der Waals surface area (Å²) in [5.41, 5.74) is 4.91. The van der Waals surface area contributed by atoms with E-state index in [1.54, 1.807) is 0 Å². The van der Waals surface area contributed by atoms with Gasteiger partial charge in [0.15, 0.2) is 0 Å². The summed E-state index contributed by atoms with van der Waals surface area (Å²) < 4.78 is 6.56. The Labute approximate surface area is 242 Å². The lowest BCUT2D eigenvalue weighted by Crippen LogP contribution is -2.52. The van der Waals surface area contributed by atoms with Crippen LogP contribution < -0.4 is 19.9 Å². The number of hydrogen-bond acceptors (Lipinski definition) is 8. The lowest BCUT2D eigenvalue weighted by molar-refractivity contribution is 0.107. The van der Waals surface area contributed by atoms with E-state index < -0.39 is 0 Å². The number of rotatable bonds is 6. The normalized spacial score (nSPS) is 25.1. The Morgan fingerprint density at radius 1 is 1.02 bits per heavy atom. The van der Waals surface area contributed by atoms with Gasteiger partial charge < -0.3 is 25.0 Å². The SMILES string of the molecule is CCc1cccc2cc(O)cc(N3CCc4c(nc(OCC56CCCN5CCC6)nc4N4C[C@H]5CC[C@@H](C4)N5)C3)c12. The van der Waals surface area contributed by atoms with Crippen molar-refractivity contribution in [3.63, 3.8) is 0 Å². The maximum absolute atomic E-state index is 10.7. The standard InChI is InChI=1S/C33H42N6O2/c1-2-22-6-3-7-23-16-26(40)17-29(30(22)23)37-15-10-27-28(20-37)35-32(41-21-33-11-4-13-39(33)14-5-12-33)36-31(27)38-18-24-8-9-25(19-38)34-24/h3,6-7,16-17,24-25,34,40H,2,4-5,8-15,18-21H2,1H3/t24-,25+. The maximum atomic E-state index is 10.7. The van der Waals surface area contributed by atoms with Gasteiger partial charge in [-0.15, -0.1) is 0 Å². The van der Waals surface area contributed by atoms with Gasteiger partial charge in [-0.2, -0.15) is 9.97 Å². The summed E-state index contributed by atoms with van der Waals surface area (Å²) in [7, 11) is 0. The van der Waals surface area contributed by atoms with Crippen molar-refractivity contribution in [2.45, 2.75) is 82.5 Å². The molecule has 2 aromatic carbocycles. The van der Waals surface area contributed by atoms with E-state index in [-0.39, 0.29) is 5.54 Å². The minimum atomic E-state index is 0.163. The Kier molecular flexibility index (Phi) is 6.25. The van der Waals surface area contributed by atoms with Crippen LogP contribution in [0.25, 0.3) is 10.8 Å². The van der Waals surface area contributed by atoms with Gasteiger partial charge in [0.2, 0.25) is 0 Å². The molecule has 5 aliphatic heterocycles. The fourth-order valence-electron chi connectivity index (χ4n) is 8.56. The second-order valence-electron chi connectivity index (χ2n) is 13.0. The Morgan fingerprint density at radius 2 is 1.83 bits per heavy atom. The third-order valence-corrected chi connectivity index (χ3v) is 10.6. The van der Waals surface area contributed by atoms with E-state index in [0.29, 0.717) is 37.0 Å². The molecule has 8 heteroatoms. The quantitative estimate of drug-likeness (QED) is 0.464. The van der Waals surface area contributed by atoms with Gasteiger partial charge in [-0.25, -0.2) is 0 Å². The molecule has 0 radical (unpaired) electrons. The highest BCUT2D eigenvalue weighted by Gasteiger charge is 2.45. The zero-order chi connectivity index (χ0) is 27.6. The lowest BCUT2D eigenvalue weighted by Gasteiger charge is -2.38. The molecule has 0 saturated carbocycles. The Hall–Kier alpha value is -3.10. The molecule has 4 fully saturated rings. The third kappa shape index (κ3) is 4.41. The van der Waals surface area contributed by atoms with E-state index in [1.165, 1.54) is 68.1 Å². The van der Waals surface area contributed by atoms with Crippen LogP contribution in [0.2, 0.25) is 0 Å². The van der Waals surface area contributed by atoms with Gasteiger partial charge in [0.25, 0.3) is 0 Å². The number of piperazine rings is 1. The summed E-state index contributed by atoms with van der Waals surface area (Å²) in [6.45, 7) is 8.82. The monoisotopic (exact) mass is 554 g/mol. The van der Waals surface area contributed by atoms with E-state index in [2.05, 4.69) is 45.1 Å². The van der Waals surface area contributed by atoms with E-state index >= 15 is 0 Å². The van der Waals surface area contributed by atoms with E-state index in [0.717, 1.165) is 55.1 Å². The number of aromatic nitrogens is 2. The van der Waals surface area contributed by atoms with Crippen LogP contribution in [0.4, 0.5) is 11.5 Å². The number of anilines is 2. The highest BCUT2D eigenvalue weighted by molar-refractivity contribution is 5.98. The van der Waals surface area contributed by atoms with Crippen LogP contribution in [0.1, 0.15) is 62.3 Å². The number of nitrogens with one attached hydrogen (secondary N) is 1. The van der Waals surface area contributed by atoms with Gasteiger partial charge in [-0.05, 0) is 81.5 Å². The topological polar surface area (TPSA) is 77.0 Å². The van der Waals surface area contributed by atoms with Crippen molar-refractivity contribution in [1.29, 1.82) is 0 Å². The summed E-state index contributed by atoms with van der Waals surface area (Å²) in [6, 6.07) is 11.8. The number of phenolic OH excluding ortho intramolecular Hbond substituents is 1. The molecule has 0 aliphatic carbocycles. The van der Waals surface area contributed by atoms with Crippen LogP contribution in [-0.4, -0.2) is 76.9 Å². The molecule has 8 nitrogen and oxygen atoms in total. The fraction of sp³-hybridized carbons (Fsp3) is 0.576. The van der Waals surface area contributed by atoms with Crippen molar-refractivity contribution in [2.24, 2.45) is 0 Å². The average Bonchev–Trinajstić information content (AvgIpc) is 3.68. The number of aryl methyl sites for hydroxylation is 1. The van der Waals surface area contributed by atoms with Crippen LogP contribution in [0, 0.1) is 0 Å². The zero-order valence-electron chi connectivity index (χ0n) is 24.2. The van der Waals surface area contributed by atoms with Gasteiger partial charge in [0, 0.05) is 54.4 Å². The third-order valence-electron chi connectivity index (χ3n) is 10.6. The molecule has 41 heavy (non-hydrogen) atoms. The molecule has 1 aromatic heterocycles. The summed E-state index contributed by atoms with van der Waals surface area (Å²) in [5, 5.41) is 16.8. The molecule has 3 aromatic rings. The first-order valence-corrected chi connectivity index (χ1v) is 15.9. The molecule has 0 spiro atoms. The molecule has 5 aliphatic rings. The minimum absolute atomic E-state index is 0.163. The summed E-state index contributed by atoms with van der Waals surface area (Å²) >= 11 is 0. The second kappa shape index (κ2) is 10.0. The smallest absolute Gasteiger partial charge is 0.318 e. The molecule has 0 amide bonds. The van der Waals surface area contributed by atoms with Crippen molar-refractivity contribution in [3.8, 4) is 11.8 Å². The second-order valence-corrected chi connectivity index (χ2v) is 13.0. The number of aromatic hydroxyl groups is 1. The van der Waals surface area contributed by atoms with Gasteiger partial charge in [0.1, 0.15) is 18.2 Å². The largest absolute Gasteiger partial charge is 0.508 e. The van der Waals surface area contributed by atoms with E-state index in [4.69, 9.17) is 14.7 Å². The van der Waals surface area contributed by atoms with E-state index in [1.807, 2.05) is 12.1 Å². The first-order valence-electron chi connectivity index (χ1n) is 15.9. The first-order chi connectivity index (χ1) is 20.1. The van der Waals surface area contributed by atoms with Crippen molar-refractivity contribution in [2.75, 3.05) is 49.1 Å². The first kappa shape index (κ1) is 25.6. The van der Waals surface area contributed by atoms with Crippen LogP contribution in [0.3, 0.4) is 0 Å². The maximum Gasteiger partial charge on any atom is 0.318 e. The predicted molar refractivity (Wildman–Crippen MR) is 162 cm³/mol. The van der Waals surface area contributed by atoms with Crippen LogP contribution in [-0.2, 0) is 19.4 Å². The Balaban J connectivity index is 1.16. The predicted octanol–water partition coefficient (Wildman–Crippen LogP) is 4.41. The van der Waals surface area contributed by atoms with Gasteiger partial charge in [-0.1, -0.05) is 25.1 Å². The molecule has 8 rings (SSSR count). The van der Waals surface area contributed by atoms with Crippen molar-refractivity contribution < 1.29 is 9.84 Å². The number of nitrogens with zero attached hydrogens (tertiary/aromatic N) is 5. The van der Waals surface area contributed by atoms with Crippen LogP contribution >= 0.6 is 0 Å². The number of hydrogen-bond donors (Lipinski definition) is 2. The lowest BCUT2D eigenvalue weighted by atomic mass is 9.95. The van der Waals surface area contributed by atoms with Gasteiger partial charge >= 0.3 is 6.01 Å². The number of ether oxygens (including phenoxy) is 1. The molecular weight excluding hydrogens is 512 g/mol. The molecule has 6 heterocycles. The molecule has 2 atom stereocenters. The summed E-state index contributed by atoms with van der Waals surface area (Å²) in [4.78, 5) is 17.8. The van der Waals surface area contributed by atoms with Crippen molar-refractivity contribution in [1.82, 2.24) is 20.2 Å². The average molecular weight is 555 g/mol. The fourth-order valence-corrected chi connectivity index (χ4v) is 8.56. The van der Waals surface area contributed by atoms with Crippen molar-refractivity contribution in [3.05, 3.63) is 47.2 Å². The summed E-state index contributed by atoms with van der Waals surface area (Å²) in [5.74, 6) is 1.40. The van der Waals surface area contributed by atoms with E-state index in [9.17, 15) is 5.11 Å². The number of benzene rings is 2. The molecule has 0 unspecified atom stereocenters. The zero-order valence-corrected chi connectivity index (χ0v) is 24.2. The molecule has 4 saturated heterocycles. The number of fused-ring (bicyclic) bond motifs is 5. The molecular formula is C33H42N6O2. The summed E-state index contributed by atoms with van der Waals surface area (Å²) in [6.07, 6.45) is 9.27. The van der Waals surface area contributed by atoms with Gasteiger partial charge in [0.05, 0.1) is 17.8 Å². The van der Waals surface area contributed by atoms with Gasteiger partial charge in [-0.3, -0.25) is 4.90 Å². The molecule has 2 N–H and O–H groups in total. The highest BCUT2D eigenvalue weighted by atomic mass is 16.5. The van der Waals surface area contributed by atoms with Crippen molar-refractivity contribution >= 4 is 22.3 Å². The van der Waals surface area contributed by atoms with Crippen LogP contribution in [0.15, 0.2) is 30.3 Å². The molecule has 2 bridgehead atoms. The Bertz CT molecular complexity index is 1450. The number of phenols is 1. The highest BCUT2D eigenvalue weighted by Crippen LogP contribution is 2.41. The van der Waals surface area contributed by atoms with Crippen LogP contribution in [0.5, 0.6) is 11.8 Å². The molecule has 216 valence electrons.